The van der Waals surface area contributed by atoms with E-state index in [4.69, 9.17) is 0 Å². The van der Waals surface area contributed by atoms with Crippen LogP contribution in [0.25, 0.3) is 22.0 Å². The van der Waals surface area contributed by atoms with Gasteiger partial charge in [0.15, 0.2) is 9.84 Å². The number of nitrogens with zero attached hydrogens (tertiary/aromatic N) is 1. The van der Waals surface area contributed by atoms with Crippen LogP contribution >= 0.6 is 15.9 Å². The van der Waals surface area contributed by atoms with E-state index in [2.05, 4.69) is 31.2 Å². The maximum atomic E-state index is 13.3. The van der Waals surface area contributed by atoms with Gasteiger partial charge in [0.05, 0.1) is 16.0 Å². The van der Waals surface area contributed by atoms with E-state index in [0.29, 0.717) is 23.2 Å². The number of H-pyrrole nitrogens is 1. The lowest BCUT2D eigenvalue weighted by Gasteiger charge is -2.24. The second-order valence-electron chi connectivity index (χ2n) is 10.5. The summed E-state index contributed by atoms with van der Waals surface area (Å²) in [6.45, 7) is 3.38. The first-order chi connectivity index (χ1) is 19.4. The summed E-state index contributed by atoms with van der Waals surface area (Å²) in [5.74, 6) is -0.292. The average molecular weight is 631 g/mol. The summed E-state index contributed by atoms with van der Waals surface area (Å²) in [6, 6.07) is 23.7. The minimum atomic E-state index is -3.41. The molecule has 0 aliphatic carbocycles. The molecule has 2 heterocycles. The number of aromatic amines is 1. The topological polar surface area (TPSA) is 109 Å². The van der Waals surface area contributed by atoms with Gasteiger partial charge in [-0.25, -0.2) is 8.42 Å². The third-order valence-electron chi connectivity index (χ3n) is 7.29. The first-order valence-corrected chi connectivity index (χ1v) is 15.6. The summed E-state index contributed by atoms with van der Waals surface area (Å²) in [6.07, 6.45) is 5.13. The summed E-state index contributed by atoms with van der Waals surface area (Å²) in [4.78, 5) is 32.1. The van der Waals surface area contributed by atoms with Crippen molar-refractivity contribution in [3.8, 4) is 11.1 Å². The predicted molar refractivity (Wildman–Crippen MR) is 167 cm³/mol. The minimum Gasteiger partial charge on any atom is -0.329 e. The molecule has 2 aromatic heterocycles. The monoisotopic (exact) mass is 629 g/mol. The number of hydrogen-bond donors (Lipinski definition) is 2. The maximum Gasteiger partial charge on any atom is 0.255 e. The number of benzene rings is 3. The van der Waals surface area contributed by atoms with E-state index in [1.54, 1.807) is 50.5 Å². The summed E-state index contributed by atoms with van der Waals surface area (Å²) in [5, 5.41) is 3.78. The normalized spacial score (nSPS) is 11.9. The molecule has 0 bridgehead atoms. The molecule has 41 heavy (non-hydrogen) atoms. The van der Waals surface area contributed by atoms with Crippen molar-refractivity contribution in [3.05, 3.63) is 128 Å². The highest BCUT2D eigenvalue weighted by molar-refractivity contribution is 9.10. The number of rotatable bonds is 7. The molecule has 0 aliphatic heterocycles. The van der Waals surface area contributed by atoms with E-state index in [1.807, 2.05) is 54.6 Å². The van der Waals surface area contributed by atoms with Crippen molar-refractivity contribution in [1.82, 2.24) is 9.97 Å². The Morgan fingerprint density at radius 3 is 2.49 bits per heavy atom. The molecule has 0 unspecified atom stereocenters. The highest BCUT2D eigenvalue weighted by Gasteiger charge is 2.33. The van der Waals surface area contributed by atoms with Crippen LogP contribution in [0.3, 0.4) is 0 Å². The van der Waals surface area contributed by atoms with Crippen LogP contribution in [0.1, 0.15) is 40.9 Å². The van der Waals surface area contributed by atoms with Crippen molar-refractivity contribution in [2.75, 3.05) is 11.6 Å². The lowest BCUT2D eigenvalue weighted by atomic mass is 9.93. The van der Waals surface area contributed by atoms with Crippen LogP contribution < -0.4 is 10.9 Å². The largest absolute Gasteiger partial charge is 0.329 e. The molecular weight excluding hydrogens is 602 g/mol. The quantitative estimate of drug-likeness (QED) is 0.214. The molecule has 0 aliphatic rings. The highest BCUT2D eigenvalue weighted by atomic mass is 79.9. The van der Waals surface area contributed by atoms with Crippen molar-refractivity contribution in [2.24, 2.45) is 0 Å². The molecule has 0 fully saturated rings. The summed E-state index contributed by atoms with van der Waals surface area (Å²) < 4.78 is 24.8. The molecule has 2 N–H and O–H groups in total. The van der Waals surface area contributed by atoms with Gasteiger partial charge in [-0.2, -0.15) is 0 Å². The Kier molecular flexibility index (Phi) is 7.68. The number of nitrogens with one attached hydrogen (secondary N) is 2. The van der Waals surface area contributed by atoms with Crippen molar-refractivity contribution in [2.45, 2.75) is 25.0 Å². The Balaban J connectivity index is 1.45. The zero-order valence-corrected chi connectivity index (χ0v) is 25.1. The van der Waals surface area contributed by atoms with E-state index < -0.39 is 14.6 Å². The van der Waals surface area contributed by atoms with Crippen LogP contribution in [0.4, 0.5) is 5.69 Å². The van der Waals surface area contributed by atoms with Crippen molar-refractivity contribution in [3.63, 3.8) is 0 Å². The van der Waals surface area contributed by atoms with Gasteiger partial charge in [0.25, 0.3) is 5.91 Å². The van der Waals surface area contributed by atoms with E-state index >= 15 is 0 Å². The van der Waals surface area contributed by atoms with Crippen LogP contribution in [-0.4, -0.2) is 30.5 Å². The highest BCUT2D eigenvalue weighted by Crippen LogP contribution is 2.36. The fourth-order valence-corrected chi connectivity index (χ4v) is 5.67. The molecule has 5 aromatic rings. The molecule has 0 spiro atoms. The predicted octanol–water partition coefficient (Wildman–Crippen LogP) is 6.48. The number of pyridine rings is 2. The molecule has 0 saturated heterocycles. The zero-order valence-electron chi connectivity index (χ0n) is 22.7. The maximum absolute atomic E-state index is 13.3. The van der Waals surface area contributed by atoms with E-state index in [9.17, 15) is 18.0 Å². The molecule has 0 saturated carbocycles. The van der Waals surface area contributed by atoms with E-state index in [-0.39, 0.29) is 11.5 Å². The van der Waals surface area contributed by atoms with Crippen molar-refractivity contribution >= 4 is 48.3 Å². The van der Waals surface area contributed by atoms with Gasteiger partial charge in [0, 0.05) is 45.7 Å². The third kappa shape index (κ3) is 6.01. The Morgan fingerprint density at radius 1 is 0.976 bits per heavy atom. The van der Waals surface area contributed by atoms with Gasteiger partial charge in [-0.1, -0.05) is 24.3 Å². The minimum absolute atomic E-state index is 0.151. The molecule has 0 radical (unpaired) electrons. The smallest absolute Gasteiger partial charge is 0.255 e. The average Bonchev–Trinajstić information content (AvgIpc) is 2.93. The number of fused-ring (bicyclic) bond motifs is 1. The number of carbonyl (C=O) groups is 1. The van der Waals surface area contributed by atoms with Gasteiger partial charge in [-0.3, -0.25) is 14.6 Å². The summed E-state index contributed by atoms with van der Waals surface area (Å²) in [5.41, 5.74) is 5.64. The number of sulfone groups is 1. The number of anilines is 1. The second kappa shape index (κ2) is 11.1. The molecule has 9 heteroatoms. The second-order valence-corrected chi connectivity index (χ2v) is 13.9. The first-order valence-electron chi connectivity index (χ1n) is 12.9. The third-order valence-corrected chi connectivity index (χ3v) is 10.0. The fourth-order valence-electron chi connectivity index (χ4n) is 4.60. The molecule has 0 atom stereocenters. The fraction of sp³-hybridized carbons (Fsp3) is 0.156. The SMILES string of the molecule is CC(C)(c1cc(-c2cccc(C(=O)Nc3ccc(Cc4cc[nH]c(=O)c4)cc3Br)c2)c2ncccc2c1)S(C)(=O)=O. The van der Waals surface area contributed by atoms with Gasteiger partial charge in [0.2, 0.25) is 5.56 Å². The molecular formula is C32H28BrN3O4S. The van der Waals surface area contributed by atoms with Crippen molar-refractivity contribution < 1.29 is 13.2 Å². The Bertz CT molecular complexity index is 1970. The van der Waals surface area contributed by atoms with E-state index in [0.717, 1.165) is 37.6 Å². The summed E-state index contributed by atoms with van der Waals surface area (Å²) in [7, 11) is -3.41. The summed E-state index contributed by atoms with van der Waals surface area (Å²) >= 11 is 3.56. The first kappa shape index (κ1) is 28.4. The van der Waals surface area contributed by atoms with Crippen LogP contribution in [-0.2, 0) is 21.0 Å². The van der Waals surface area contributed by atoms with Gasteiger partial charge in [-0.05, 0) is 107 Å². The lowest BCUT2D eigenvalue weighted by molar-refractivity contribution is 0.102. The molecule has 7 nitrogen and oxygen atoms in total. The van der Waals surface area contributed by atoms with Crippen LogP contribution in [0.5, 0.6) is 0 Å². The van der Waals surface area contributed by atoms with Gasteiger partial charge >= 0.3 is 0 Å². The van der Waals surface area contributed by atoms with E-state index in [1.165, 1.54) is 6.26 Å². The number of amides is 1. The van der Waals surface area contributed by atoms with Crippen LogP contribution in [0.15, 0.2) is 101 Å². The molecule has 1 amide bonds. The molecule has 5 rings (SSSR count). The number of hydrogen-bond acceptors (Lipinski definition) is 5. The zero-order chi connectivity index (χ0) is 29.4. The molecule has 208 valence electrons. The molecule has 3 aromatic carbocycles. The standard InChI is InChI=1S/C32H28BrN3O4S/c1-32(2,41(3,39)40)25-18-23-8-5-12-35-30(23)26(19-25)22-6-4-7-24(17-22)31(38)36-28-10-9-20(15-27(28)33)14-21-11-13-34-29(37)16-21/h4-13,15-19H,14H2,1-3H3,(H,34,37)(H,36,38). The van der Waals surface area contributed by atoms with Crippen LogP contribution in [0.2, 0.25) is 0 Å². The number of carbonyl (C=O) groups excluding carboxylic acids is 1. The Labute approximate surface area is 246 Å². The number of halogens is 1. The van der Waals surface area contributed by atoms with Crippen molar-refractivity contribution in [1.29, 1.82) is 0 Å². The Hall–Kier alpha value is -4.08. The van der Waals surface area contributed by atoms with Crippen LogP contribution in [0, 0.1) is 0 Å². The Morgan fingerprint density at radius 2 is 1.76 bits per heavy atom. The number of aromatic nitrogens is 2. The van der Waals surface area contributed by atoms with Gasteiger partial charge in [0.1, 0.15) is 0 Å². The van der Waals surface area contributed by atoms with Gasteiger partial charge < -0.3 is 10.3 Å². The lowest BCUT2D eigenvalue weighted by Crippen LogP contribution is -2.28. The van der Waals surface area contributed by atoms with Gasteiger partial charge in [-0.15, -0.1) is 0 Å².